The van der Waals surface area contributed by atoms with Gasteiger partial charge in [0, 0.05) is 5.92 Å². The van der Waals surface area contributed by atoms with Gasteiger partial charge in [0.1, 0.15) is 11.9 Å². The quantitative estimate of drug-likeness (QED) is 0.706. The summed E-state index contributed by atoms with van der Waals surface area (Å²) >= 11 is 0. The van der Waals surface area contributed by atoms with Crippen molar-refractivity contribution >= 4 is 0 Å². The van der Waals surface area contributed by atoms with E-state index in [4.69, 9.17) is 4.42 Å². The third kappa shape index (κ3) is 1.83. The smallest absolute Gasteiger partial charge is 0.132 e. The molecule has 13 heavy (non-hydrogen) atoms. The van der Waals surface area contributed by atoms with Crippen LogP contribution in [0.4, 0.5) is 0 Å². The second-order valence-corrected chi connectivity index (χ2v) is 3.48. The predicted molar refractivity (Wildman–Crippen MR) is 50.1 cm³/mol. The Morgan fingerprint density at radius 3 is 3.08 bits per heavy atom. The van der Waals surface area contributed by atoms with Crippen molar-refractivity contribution < 1.29 is 9.52 Å². The molecule has 0 bridgehead atoms. The molecule has 0 aromatic carbocycles. The highest BCUT2D eigenvalue weighted by atomic mass is 16.4. The highest BCUT2D eigenvalue weighted by molar-refractivity contribution is 5.07. The molecule has 1 N–H and O–H groups in total. The average Bonchev–Trinajstić information content (AvgIpc) is 2.71. The van der Waals surface area contributed by atoms with Crippen LogP contribution < -0.4 is 0 Å². The van der Waals surface area contributed by atoms with Crippen molar-refractivity contribution in [2.45, 2.75) is 25.4 Å². The lowest BCUT2D eigenvalue weighted by Gasteiger charge is -2.20. The molecule has 0 saturated carbocycles. The number of hydrogen-bond acceptors (Lipinski definition) is 2. The van der Waals surface area contributed by atoms with Gasteiger partial charge in [-0.3, -0.25) is 0 Å². The second kappa shape index (κ2) is 3.79. The molecule has 2 heteroatoms. The van der Waals surface area contributed by atoms with Crippen molar-refractivity contribution in [2.75, 3.05) is 0 Å². The number of aliphatic hydroxyl groups excluding tert-OH is 1. The fourth-order valence-corrected chi connectivity index (χ4v) is 1.77. The first-order chi connectivity index (χ1) is 6.38. The van der Waals surface area contributed by atoms with Gasteiger partial charge in [0.2, 0.25) is 0 Å². The number of rotatable bonds is 2. The van der Waals surface area contributed by atoms with Crippen LogP contribution in [0.2, 0.25) is 0 Å². The van der Waals surface area contributed by atoms with E-state index in [1.165, 1.54) is 6.42 Å². The molecular weight excluding hydrogens is 164 g/mol. The van der Waals surface area contributed by atoms with Crippen LogP contribution in [0.5, 0.6) is 0 Å². The number of furan rings is 1. The molecule has 1 aromatic rings. The van der Waals surface area contributed by atoms with E-state index in [2.05, 4.69) is 12.2 Å². The summed E-state index contributed by atoms with van der Waals surface area (Å²) in [4.78, 5) is 0. The standard InChI is InChI=1S/C11H14O2/c12-11(10-7-4-8-13-10)9-5-2-1-3-6-9/h2,4-5,7-9,11-12H,1,3,6H2/t9-,11-/m0/s1. The monoisotopic (exact) mass is 178 g/mol. The Kier molecular flexibility index (Phi) is 2.50. The second-order valence-electron chi connectivity index (χ2n) is 3.48. The fourth-order valence-electron chi connectivity index (χ4n) is 1.77. The first-order valence-corrected chi connectivity index (χ1v) is 4.76. The van der Waals surface area contributed by atoms with Crippen LogP contribution in [0.1, 0.15) is 31.1 Å². The SMILES string of the molecule is O[C@H](c1ccco1)[C@H]1C=CCCC1. The zero-order valence-electron chi connectivity index (χ0n) is 7.52. The molecule has 70 valence electrons. The van der Waals surface area contributed by atoms with Gasteiger partial charge in [-0.25, -0.2) is 0 Å². The summed E-state index contributed by atoms with van der Waals surface area (Å²) in [6.45, 7) is 0. The van der Waals surface area contributed by atoms with Crippen LogP contribution in [0, 0.1) is 5.92 Å². The minimum atomic E-state index is -0.466. The molecule has 0 unspecified atom stereocenters. The molecule has 0 aliphatic heterocycles. The van der Waals surface area contributed by atoms with Crippen LogP contribution in [0.25, 0.3) is 0 Å². The van der Waals surface area contributed by atoms with E-state index in [-0.39, 0.29) is 5.92 Å². The van der Waals surface area contributed by atoms with E-state index in [0.29, 0.717) is 5.76 Å². The molecule has 2 nitrogen and oxygen atoms in total. The van der Waals surface area contributed by atoms with Crippen LogP contribution in [-0.4, -0.2) is 5.11 Å². The van der Waals surface area contributed by atoms with Crippen molar-refractivity contribution in [1.82, 2.24) is 0 Å². The Balaban J connectivity index is 2.08. The minimum absolute atomic E-state index is 0.236. The average molecular weight is 178 g/mol. The van der Waals surface area contributed by atoms with Gasteiger partial charge in [0.05, 0.1) is 6.26 Å². The van der Waals surface area contributed by atoms with E-state index < -0.39 is 6.10 Å². The summed E-state index contributed by atoms with van der Waals surface area (Å²) < 4.78 is 5.16. The molecular formula is C11H14O2. The number of hydrogen-bond donors (Lipinski definition) is 1. The molecule has 2 rings (SSSR count). The van der Waals surface area contributed by atoms with Gasteiger partial charge in [-0.2, -0.15) is 0 Å². The first kappa shape index (κ1) is 8.57. The Morgan fingerprint density at radius 2 is 2.46 bits per heavy atom. The summed E-state index contributed by atoms with van der Waals surface area (Å²) in [5.74, 6) is 0.913. The Bertz CT molecular complexity index is 274. The maximum Gasteiger partial charge on any atom is 0.132 e. The van der Waals surface area contributed by atoms with Gasteiger partial charge in [-0.05, 0) is 31.4 Å². The largest absolute Gasteiger partial charge is 0.467 e. The molecule has 0 radical (unpaired) electrons. The maximum atomic E-state index is 9.89. The summed E-state index contributed by atoms with van der Waals surface area (Å²) in [6, 6.07) is 3.64. The molecule has 0 saturated heterocycles. The number of allylic oxidation sites excluding steroid dienone is 1. The number of aliphatic hydroxyl groups is 1. The molecule has 0 fully saturated rings. The lowest BCUT2D eigenvalue weighted by molar-refractivity contribution is 0.0999. The van der Waals surface area contributed by atoms with Gasteiger partial charge in [0.25, 0.3) is 0 Å². The predicted octanol–water partition coefficient (Wildman–Crippen LogP) is 2.67. The molecule has 1 aliphatic carbocycles. The Labute approximate surface area is 77.9 Å². The van der Waals surface area contributed by atoms with Gasteiger partial charge < -0.3 is 9.52 Å². The highest BCUT2D eigenvalue weighted by Crippen LogP contribution is 2.30. The van der Waals surface area contributed by atoms with Gasteiger partial charge in [-0.15, -0.1) is 0 Å². The van der Waals surface area contributed by atoms with Crippen molar-refractivity contribution in [3.8, 4) is 0 Å². The van der Waals surface area contributed by atoms with Crippen molar-refractivity contribution in [3.63, 3.8) is 0 Å². The van der Waals surface area contributed by atoms with Crippen LogP contribution in [0.15, 0.2) is 35.0 Å². The summed E-state index contributed by atoms with van der Waals surface area (Å²) in [5, 5.41) is 9.89. The van der Waals surface area contributed by atoms with E-state index in [0.717, 1.165) is 12.8 Å². The third-order valence-electron chi connectivity index (χ3n) is 2.53. The molecule has 2 atom stereocenters. The van der Waals surface area contributed by atoms with Gasteiger partial charge in [0.15, 0.2) is 0 Å². The molecule has 1 aromatic heterocycles. The fraction of sp³-hybridized carbons (Fsp3) is 0.455. The van der Waals surface area contributed by atoms with Crippen LogP contribution >= 0.6 is 0 Å². The minimum Gasteiger partial charge on any atom is -0.467 e. The van der Waals surface area contributed by atoms with E-state index in [9.17, 15) is 5.11 Å². The lowest BCUT2D eigenvalue weighted by Crippen LogP contribution is -2.11. The van der Waals surface area contributed by atoms with Crippen molar-refractivity contribution in [3.05, 3.63) is 36.3 Å². The topological polar surface area (TPSA) is 33.4 Å². The molecule has 0 amide bonds. The normalized spacial score (nSPS) is 24.5. The maximum absolute atomic E-state index is 9.89. The summed E-state index contributed by atoms with van der Waals surface area (Å²) in [7, 11) is 0. The summed E-state index contributed by atoms with van der Waals surface area (Å²) in [6.07, 6.45) is 8.73. The zero-order valence-corrected chi connectivity index (χ0v) is 7.52. The molecule has 1 aliphatic rings. The van der Waals surface area contributed by atoms with Crippen molar-refractivity contribution in [1.29, 1.82) is 0 Å². The van der Waals surface area contributed by atoms with E-state index in [1.807, 2.05) is 12.1 Å². The van der Waals surface area contributed by atoms with Crippen molar-refractivity contribution in [2.24, 2.45) is 5.92 Å². The van der Waals surface area contributed by atoms with Crippen LogP contribution in [0.3, 0.4) is 0 Å². The van der Waals surface area contributed by atoms with Gasteiger partial charge >= 0.3 is 0 Å². The Morgan fingerprint density at radius 1 is 1.54 bits per heavy atom. The Hall–Kier alpha value is -1.02. The lowest BCUT2D eigenvalue weighted by atomic mass is 9.90. The van der Waals surface area contributed by atoms with E-state index in [1.54, 1.807) is 6.26 Å². The molecule has 0 spiro atoms. The van der Waals surface area contributed by atoms with E-state index >= 15 is 0 Å². The molecule has 1 heterocycles. The summed E-state index contributed by atoms with van der Waals surface area (Å²) in [5.41, 5.74) is 0. The van der Waals surface area contributed by atoms with Crippen LogP contribution in [-0.2, 0) is 0 Å². The highest BCUT2D eigenvalue weighted by Gasteiger charge is 2.21. The first-order valence-electron chi connectivity index (χ1n) is 4.76. The van der Waals surface area contributed by atoms with Gasteiger partial charge in [-0.1, -0.05) is 12.2 Å². The zero-order chi connectivity index (χ0) is 9.10. The third-order valence-corrected chi connectivity index (χ3v) is 2.53.